The average molecular weight is 248 g/mol. The van der Waals surface area contributed by atoms with Crippen molar-refractivity contribution in [2.24, 2.45) is 0 Å². The van der Waals surface area contributed by atoms with Crippen LogP contribution in [0.25, 0.3) is 11.3 Å². The van der Waals surface area contributed by atoms with Gasteiger partial charge in [0, 0.05) is 23.3 Å². The summed E-state index contributed by atoms with van der Waals surface area (Å²) in [7, 11) is 0. The molecule has 1 N–H and O–H groups in total. The number of aromatic nitrogens is 2. The van der Waals surface area contributed by atoms with E-state index in [1.165, 1.54) is 0 Å². The number of hydrogen-bond donors (Lipinski definition) is 1. The zero-order chi connectivity index (χ0) is 12.3. The summed E-state index contributed by atoms with van der Waals surface area (Å²) >= 11 is 6.18. The van der Waals surface area contributed by atoms with Crippen LogP contribution in [0.5, 0.6) is 0 Å². The van der Waals surface area contributed by atoms with E-state index in [0.717, 1.165) is 23.4 Å². The van der Waals surface area contributed by atoms with Crippen molar-refractivity contribution in [2.75, 3.05) is 11.9 Å². The third-order valence-electron chi connectivity index (χ3n) is 2.44. The van der Waals surface area contributed by atoms with Crippen LogP contribution < -0.4 is 5.32 Å². The Kier molecular flexibility index (Phi) is 3.59. The van der Waals surface area contributed by atoms with E-state index in [1.54, 1.807) is 0 Å². The second kappa shape index (κ2) is 5.15. The number of anilines is 1. The predicted octanol–water partition coefficient (Wildman–Crippen LogP) is 3.54. The lowest BCUT2D eigenvalue weighted by atomic mass is 10.1. The molecule has 1 aromatic heterocycles. The number of aryl methyl sites for hydroxylation is 1. The topological polar surface area (TPSA) is 37.8 Å². The van der Waals surface area contributed by atoms with Crippen LogP contribution in [0.4, 0.5) is 5.95 Å². The van der Waals surface area contributed by atoms with Crippen LogP contribution >= 0.6 is 11.6 Å². The summed E-state index contributed by atoms with van der Waals surface area (Å²) in [6, 6.07) is 7.70. The van der Waals surface area contributed by atoms with Crippen LogP contribution in [-0.4, -0.2) is 16.5 Å². The van der Waals surface area contributed by atoms with Gasteiger partial charge in [0.2, 0.25) is 5.95 Å². The molecular formula is C13H14ClN3. The SMILES string of the molecule is CCNc1ncc(C)c(-c2ccccc2Cl)n1. The van der Waals surface area contributed by atoms with Crippen molar-refractivity contribution in [3.05, 3.63) is 41.0 Å². The number of halogens is 1. The van der Waals surface area contributed by atoms with Crippen LogP contribution in [0, 0.1) is 6.92 Å². The summed E-state index contributed by atoms with van der Waals surface area (Å²) < 4.78 is 0. The van der Waals surface area contributed by atoms with Gasteiger partial charge in [-0.25, -0.2) is 9.97 Å². The van der Waals surface area contributed by atoms with E-state index in [0.29, 0.717) is 11.0 Å². The Bertz CT molecular complexity index is 526. The first-order chi connectivity index (χ1) is 8.22. The van der Waals surface area contributed by atoms with Gasteiger partial charge in [0.1, 0.15) is 0 Å². The van der Waals surface area contributed by atoms with Gasteiger partial charge in [0.05, 0.1) is 5.69 Å². The quantitative estimate of drug-likeness (QED) is 0.902. The van der Waals surface area contributed by atoms with Crippen molar-refractivity contribution in [1.82, 2.24) is 9.97 Å². The molecule has 0 aliphatic heterocycles. The molecule has 0 atom stereocenters. The Labute approximate surface area is 106 Å². The van der Waals surface area contributed by atoms with E-state index in [9.17, 15) is 0 Å². The molecule has 0 saturated heterocycles. The molecule has 0 radical (unpaired) electrons. The number of rotatable bonds is 3. The van der Waals surface area contributed by atoms with E-state index in [2.05, 4.69) is 15.3 Å². The van der Waals surface area contributed by atoms with E-state index >= 15 is 0 Å². The Morgan fingerprint density at radius 1 is 1.29 bits per heavy atom. The van der Waals surface area contributed by atoms with Gasteiger partial charge in [-0.15, -0.1) is 0 Å². The Balaban J connectivity index is 2.51. The van der Waals surface area contributed by atoms with Crippen molar-refractivity contribution in [2.45, 2.75) is 13.8 Å². The van der Waals surface area contributed by atoms with Gasteiger partial charge in [0.15, 0.2) is 0 Å². The minimum Gasteiger partial charge on any atom is -0.354 e. The maximum Gasteiger partial charge on any atom is 0.223 e. The van der Waals surface area contributed by atoms with Crippen LogP contribution in [0.3, 0.4) is 0 Å². The van der Waals surface area contributed by atoms with Crippen molar-refractivity contribution in [1.29, 1.82) is 0 Å². The maximum atomic E-state index is 6.18. The second-order valence-corrected chi connectivity index (χ2v) is 4.14. The summed E-state index contributed by atoms with van der Waals surface area (Å²) in [5.41, 5.74) is 2.83. The summed E-state index contributed by atoms with van der Waals surface area (Å²) in [5.74, 6) is 0.632. The molecule has 1 heterocycles. The molecule has 1 aromatic carbocycles. The molecule has 3 nitrogen and oxygen atoms in total. The maximum absolute atomic E-state index is 6.18. The largest absolute Gasteiger partial charge is 0.354 e. The molecule has 0 aliphatic rings. The van der Waals surface area contributed by atoms with Gasteiger partial charge in [-0.1, -0.05) is 29.8 Å². The fourth-order valence-corrected chi connectivity index (χ4v) is 1.84. The molecule has 0 amide bonds. The molecule has 4 heteroatoms. The summed E-state index contributed by atoms with van der Waals surface area (Å²) in [6.07, 6.45) is 1.81. The molecule has 0 fully saturated rings. The number of nitrogens with one attached hydrogen (secondary N) is 1. The second-order valence-electron chi connectivity index (χ2n) is 3.74. The molecule has 0 saturated carbocycles. The minimum atomic E-state index is 0.632. The number of benzene rings is 1. The number of nitrogens with zero attached hydrogens (tertiary/aromatic N) is 2. The standard InChI is InChI=1S/C13H14ClN3/c1-3-15-13-16-8-9(2)12(17-13)10-6-4-5-7-11(10)14/h4-8H,3H2,1-2H3,(H,15,16,17). The van der Waals surface area contributed by atoms with Gasteiger partial charge in [-0.05, 0) is 25.5 Å². The highest BCUT2D eigenvalue weighted by Crippen LogP contribution is 2.28. The fraction of sp³-hybridized carbons (Fsp3) is 0.231. The zero-order valence-corrected chi connectivity index (χ0v) is 10.6. The van der Waals surface area contributed by atoms with E-state index < -0.39 is 0 Å². The first-order valence-corrected chi connectivity index (χ1v) is 5.92. The lowest BCUT2D eigenvalue weighted by Gasteiger charge is -2.09. The third kappa shape index (κ3) is 2.56. The highest BCUT2D eigenvalue weighted by atomic mass is 35.5. The van der Waals surface area contributed by atoms with Crippen LogP contribution in [0.1, 0.15) is 12.5 Å². The first-order valence-electron chi connectivity index (χ1n) is 5.54. The van der Waals surface area contributed by atoms with Crippen molar-refractivity contribution < 1.29 is 0 Å². The Morgan fingerprint density at radius 2 is 2.06 bits per heavy atom. The molecule has 0 unspecified atom stereocenters. The zero-order valence-electron chi connectivity index (χ0n) is 9.87. The summed E-state index contributed by atoms with van der Waals surface area (Å²) in [5, 5.41) is 3.80. The predicted molar refractivity (Wildman–Crippen MR) is 71.4 cm³/mol. The normalized spacial score (nSPS) is 10.3. The lowest BCUT2D eigenvalue weighted by molar-refractivity contribution is 1.07. The Hall–Kier alpha value is -1.61. The van der Waals surface area contributed by atoms with E-state index in [1.807, 2.05) is 44.3 Å². The monoisotopic (exact) mass is 247 g/mol. The Morgan fingerprint density at radius 3 is 2.76 bits per heavy atom. The molecule has 88 valence electrons. The van der Waals surface area contributed by atoms with Crippen LogP contribution in [-0.2, 0) is 0 Å². The molecule has 0 aliphatic carbocycles. The molecule has 2 rings (SSSR count). The molecule has 0 bridgehead atoms. The van der Waals surface area contributed by atoms with Gasteiger partial charge in [-0.2, -0.15) is 0 Å². The van der Waals surface area contributed by atoms with Gasteiger partial charge < -0.3 is 5.32 Å². The van der Waals surface area contributed by atoms with Crippen molar-refractivity contribution in [3.63, 3.8) is 0 Å². The summed E-state index contributed by atoms with van der Waals surface area (Å²) in [6.45, 7) is 4.79. The van der Waals surface area contributed by atoms with Crippen LogP contribution in [0.15, 0.2) is 30.5 Å². The van der Waals surface area contributed by atoms with E-state index in [-0.39, 0.29) is 0 Å². The van der Waals surface area contributed by atoms with Crippen molar-refractivity contribution in [3.8, 4) is 11.3 Å². The lowest BCUT2D eigenvalue weighted by Crippen LogP contribution is -2.03. The highest BCUT2D eigenvalue weighted by molar-refractivity contribution is 6.33. The molecule has 0 spiro atoms. The van der Waals surface area contributed by atoms with Gasteiger partial charge in [-0.3, -0.25) is 0 Å². The van der Waals surface area contributed by atoms with Crippen LogP contribution in [0.2, 0.25) is 5.02 Å². The smallest absolute Gasteiger partial charge is 0.223 e. The fourth-order valence-electron chi connectivity index (χ4n) is 1.61. The summed E-state index contributed by atoms with van der Waals surface area (Å²) in [4.78, 5) is 8.70. The van der Waals surface area contributed by atoms with Crippen molar-refractivity contribution >= 4 is 17.5 Å². The third-order valence-corrected chi connectivity index (χ3v) is 2.77. The molecule has 17 heavy (non-hydrogen) atoms. The average Bonchev–Trinajstić information content (AvgIpc) is 2.33. The molecule has 2 aromatic rings. The highest BCUT2D eigenvalue weighted by Gasteiger charge is 2.09. The minimum absolute atomic E-state index is 0.632. The van der Waals surface area contributed by atoms with E-state index in [4.69, 9.17) is 11.6 Å². The molecular weight excluding hydrogens is 234 g/mol. The van der Waals surface area contributed by atoms with Gasteiger partial charge in [0.25, 0.3) is 0 Å². The number of hydrogen-bond acceptors (Lipinski definition) is 3. The first kappa shape index (κ1) is 11.9. The van der Waals surface area contributed by atoms with Gasteiger partial charge >= 0.3 is 0 Å².